The molecule has 0 saturated carbocycles. The summed E-state index contributed by atoms with van der Waals surface area (Å²) in [6, 6.07) is 10.2. The molecule has 0 bridgehead atoms. The molecule has 4 rings (SSSR count). The number of ketones is 1. The van der Waals surface area contributed by atoms with E-state index in [1.807, 2.05) is 18.4 Å². The summed E-state index contributed by atoms with van der Waals surface area (Å²) in [5.41, 5.74) is 2.38. The predicted molar refractivity (Wildman–Crippen MR) is 116 cm³/mol. The Kier molecular flexibility index (Phi) is 6.41. The number of nitrogens with zero attached hydrogens (tertiary/aromatic N) is 2. The van der Waals surface area contributed by atoms with Crippen molar-refractivity contribution in [3.63, 3.8) is 0 Å². The van der Waals surface area contributed by atoms with Crippen LogP contribution in [0, 0.1) is 20.8 Å². The third kappa shape index (κ3) is 4.75. The number of rotatable bonds is 8. The molecule has 1 atom stereocenters. The van der Waals surface area contributed by atoms with E-state index in [0.29, 0.717) is 40.8 Å². The summed E-state index contributed by atoms with van der Waals surface area (Å²) in [4.78, 5) is 25.1. The van der Waals surface area contributed by atoms with Crippen LogP contribution >= 0.6 is 0 Å². The van der Waals surface area contributed by atoms with Crippen LogP contribution in [0.15, 0.2) is 40.9 Å². The summed E-state index contributed by atoms with van der Waals surface area (Å²) in [5, 5.41) is 4.01. The largest absolute Gasteiger partial charge is 0.491 e. The van der Waals surface area contributed by atoms with Gasteiger partial charge in [0, 0.05) is 29.6 Å². The van der Waals surface area contributed by atoms with Gasteiger partial charge in [0.15, 0.2) is 12.4 Å². The lowest BCUT2D eigenvalue weighted by Gasteiger charge is -2.11. The van der Waals surface area contributed by atoms with Crippen LogP contribution in [0.25, 0.3) is 5.82 Å². The Labute approximate surface area is 186 Å². The zero-order chi connectivity index (χ0) is 22.7. The van der Waals surface area contributed by atoms with Crippen LogP contribution in [0.1, 0.15) is 50.7 Å². The summed E-state index contributed by atoms with van der Waals surface area (Å²) >= 11 is 0. The Hall–Kier alpha value is -3.39. The number of ether oxygens (including phenoxy) is 3. The van der Waals surface area contributed by atoms with Crippen molar-refractivity contribution in [2.24, 2.45) is 0 Å². The van der Waals surface area contributed by atoms with E-state index in [0.717, 1.165) is 25.1 Å². The Balaban J connectivity index is 1.34. The third-order valence-electron chi connectivity index (χ3n) is 5.46. The van der Waals surface area contributed by atoms with Crippen LogP contribution in [0.4, 0.5) is 0 Å². The highest BCUT2D eigenvalue weighted by atomic mass is 16.5. The number of esters is 1. The highest BCUT2D eigenvalue weighted by Crippen LogP contribution is 2.22. The maximum absolute atomic E-state index is 12.7. The van der Waals surface area contributed by atoms with Crippen LogP contribution in [-0.2, 0) is 9.47 Å². The first-order valence-corrected chi connectivity index (χ1v) is 10.6. The zero-order valence-electron chi connectivity index (χ0n) is 18.4. The molecule has 1 aromatic carbocycles. The van der Waals surface area contributed by atoms with Crippen LogP contribution in [0.3, 0.4) is 0 Å². The summed E-state index contributed by atoms with van der Waals surface area (Å²) in [6.07, 6.45) is 2.18. The van der Waals surface area contributed by atoms with Crippen molar-refractivity contribution in [3.05, 3.63) is 64.7 Å². The van der Waals surface area contributed by atoms with Gasteiger partial charge in [-0.25, -0.2) is 4.79 Å². The Morgan fingerprint density at radius 1 is 1.16 bits per heavy atom. The number of Topliss-reactive ketones (excluding diaryl/α,β-unsaturated/α-hetero) is 1. The van der Waals surface area contributed by atoms with Crippen molar-refractivity contribution in [3.8, 4) is 11.6 Å². The molecule has 1 aliphatic rings. The van der Waals surface area contributed by atoms with Gasteiger partial charge < -0.3 is 18.7 Å². The van der Waals surface area contributed by atoms with Gasteiger partial charge >= 0.3 is 5.97 Å². The van der Waals surface area contributed by atoms with E-state index in [4.69, 9.17) is 18.7 Å². The van der Waals surface area contributed by atoms with Crippen molar-refractivity contribution >= 4 is 11.8 Å². The van der Waals surface area contributed by atoms with Crippen LogP contribution in [0.5, 0.6) is 5.75 Å². The van der Waals surface area contributed by atoms with Crippen molar-refractivity contribution < 1.29 is 28.3 Å². The minimum absolute atomic E-state index is 0.126. The fraction of sp³-hybridized carbons (Fsp3) is 0.375. The Morgan fingerprint density at radius 3 is 2.59 bits per heavy atom. The van der Waals surface area contributed by atoms with E-state index in [2.05, 4.69) is 5.16 Å². The van der Waals surface area contributed by atoms with Gasteiger partial charge in [-0.1, -0.05) is 5.16 Å². The first kappa shape index (κ1) is 21.8. The van der Waals surface area contributed by atoms with Crippen molar-refractivity contribution in [2.75, 3.05) is 19.8 Å². The van der Waals surface area contributed by atoms with Crippen molar-refractivity contribution in [2.45, 2.75) is 39.7 Å². The smallest absolute Gasteiger partial charge is 0.338 e. The molecule has 32 heavy (non-hydrogen) atoms. The standard InChI is InChI=1S/C24H26N2O6/c1-15-11-21(17(3)26(15)23-12-16(2)32-25-23)22(27)14-31-24(28)18-6-8-19(9-7-18)30-13-20-5-4-10-29-20/h6-9,11-12,20H,4-5,10,13-14H2,1-3H3/t20-/m1/s1. The van der Waals surface area contributed by atoms with Gasteiger partial charge in [0.1, 0.15) is 18.1 Å². The molecule has 3 heterocycles. The van der Waals surface area contributed by atoms with E-state index in [9.17, 15) is 9.59 Å². The second kappa shape index (κ2) is 9.40. The van der Waals surface area contributed by atoms with E-state index in [1.54, 1.807) is 43.3 Å². The van der Waals surface area contributed by atoms with Gasteiger partial charge in [-0.15, -0.1) is 0 Å². The molecule has 0 unspecified atom stereocenters. The summed E-state index contributed by atoms with van der Waals surface area (Å²) in [7, 11) is 0. The first-order chi connectivity index (χ1) is 15.4. The quantitative estimate of drug-likeness (QED) is 0.388. The predicted octanol–water partition coefficient (Wildman–Crippen LogP) is 3.99. The van der Waals surface area contributed by atoms with Crippen LogP contribution in [0.2, 0.25) is 0 Å². The van der Waals surface area contributed by atoms with Gasteiger partial charge in [0.25, 0.3) is 0 Å². The van der Waals surface area contributed by atoms with Crippen LogP contribution < -0.4 is 4.74 Å². The van der Waals surface area contributed by atoms with Crippen molar-refractivity contribution in [1.82, 2.24) is 9.72 Å². The van der Waals surface area contributed by atoms with E-state index >= 15 is 0 Å². The zero-order valence-corrected chi connectivity index (χ0v) is 18.4. The van der Waals surface area contributed by atoms with Gasteiger partial charge in [-0.2, -0.15) is 0 Å². The average molecular weight is 438 g/mol. The van der Waals surface area contributed by atoms with E-state index in [-0.39, 0.29) is 18.5 Å². The summed E-state index contributed by atoms with van der Waals surface area (Å²) in [5.74, 6) is 1.09. The lowest BCUT2D eigenvalue weighted by Crippen LogP contribution is -2.16. The molecule has 1 fully saturated rings. The van der Waals surface area contributed by atoms with Gasteiger partial charge in [0.05, 0.1) is 11.7 Å². The second-order valence-electron chi connectivity index (χ2n) is 7.89. The molecule has 1 aliphatic heterocycles. The molecule has 0 aliphatic carbocycles. The fourth-order valence-corrected chi connectivity index (χ4v) is 3.80. The SMILES string of the molecule is Cc1cc(-n2c(C)cc(C(=O)COC(=O)c3ccc(OC[C@H]4CCCO4)cc3)c2C)no1. The third-order valence-corrected chi connectivity index (χ3v) is 5.46. The van der Waals surface area contributed by atoms with Gasteiger partial charge in [-0.3, -0.25) is 9.36 Å². The van der Waals surface area contributed by atoms with Crippen molar-refractivity contribution in [1.29, 1.82) is 0 Å². The summed E-state index contributed by atoms with van der Waals surface area (Å²) < 4.78 is 23.4. The van der Waals surface area contributed by atoms with E-state index in [1.165, 1.54) is 0 Å². The monoisotopic (exact) mass is 438 g/mol. The molecule has 0 radical (unpaired) electrons. The molecule has 8 nitrogen and oxygen atoms in total. The molecule has 3 aromatic rings. The number of carbonyl (C=O) groups excluding carboxylic acids is 2. The minimum atomic E-state index is -0.565. The number of hydrogen-bond donors (Lipinski definition) is 0. The topological polar surface area (TPSA) is 92.8 Å². The maximum atomic E-state index is 12.7. The van der Waals surface area contributed by atoms with Crippen LogP contribution in [-0.4, -0.2) is 47.4 Å². The highest BCUT2D eigenvalue weighted by Gasteiger charge is 2.20. The Morgan fingerprint density at radius 2 is 1.94 bits per heavy atom. The number of aryl methyl sites for hydroxylation is 2. The lowest BCUT2D eigenvalue weighted by molar-refractivity contribution is 0.0474. The molecule has 8 heteroatoms. The molecule has 0 amide bonds. The first-order valence-electron chi connectivity index (χ1n) is 10.6. The molecule has 2 aromatic heterocycles. The normalized spacial score (nSPS) is 15.7. The molecule has 168 valence electrons. The second-order valence-corrected chi connectivity index (χ2v) is 7.89. The summed E-state index contributed by atoms with van der Waals surface area (Å²) in [6.45, 7) is 6.42. The number of hydrogen-bond acceptors (Lipinski definition) is 7. The lowest BCUT2D eigenvalue weighted by atomic mass is 10.1. The molecular weight excluding hydrogens is 412 g/mol. The molecule has 1 saturated heterocycles. The minimum Gasteiger partial charge on any atom is -0.491 e. The van der Waals surface area contributed by atoms with E-state index < -0.39 is 5.97 Å². The molecule has 0 spiro atoms. The Bertz CT molecular complexity index is 1110. The average Bonchev–Trinajstić information content (AvgIpc) is 3.52. The number of carbonyl (C=O) groups is 2. The van der Waals surface area contributed by atoms with Gasteiger partial charge in [0.2, 0.25) is 5.78 Å². The molecular formula is C24H26N2O6. The maximum Gasteiger partial charge on any atom is 0.338 e. The van der Waals surface area contributed by atoms with Gasteiger partial charge in [-0.05, 0) is 63.9 Å². The highest BCUT2D eigenvalue weighted by molar-refractivity contribution is 6.00. The fourth-order valence-electron chi connectivity index (χ4n) is 3.80. The number of aromatic nitrogens is 2. The molecule has 0 N–H and O–H groups in total. The number of benzene rings is 1.